The van der Waals surface area contributed by atoms with Gasteiger partial charge in [0.05, 0.1) is 16.8 Å². The minimum Gasteiger partial charge on any atom is -0.355 e. The second kappa shape index (κ2) is 8.08. The Bertz CT molecular complexity index is 1060. The maximum absolute atomic E-state index is 13.2. The predicted molar refractivity (Wildman–Crippen MR) is 115 cm³/mol. The minimum atomic E-state index is -3.66. The molecule has 1 fully saturated rings. The fourth-order valence-electron chi connectivity index (χ4n) is 3.92. The summed E-state index contributed by atoms with van der Waals surface area (Å²) < 4.78 is 29.5. The Balaban J connectivity index is 1.52. The number of rotatable bonds is 4. The lowest BCUT2D eigenvalue weighted by Gasteiger charge is -2.35. The van der Waals surface area contributed by atoms with Crippen LogP contribution in [0.25, 0.3) is 0 Å². The number of likely N-dealkylation sites (tertiary alicyclic amines) is 1. The summed E-state index contributed by atoms with van der Waals surface area (Å²) in [5.41, 5.74) is 0.626. The van der Waals surface area contributed by atoms with Crippen LogP contribution in [0.1, 0.15) is 30.2 Å². The third-order valence-corrected chi connectivity index (χ3v) is 7.89. The molecule has 29 heavy (non-hydrogen) atoms. The molecule has 0 saturated carbocycles. The first-order chi connectivity index (χ1) is 13.9. The molecule has 0 aliphatic carbocycles. The maximum Gasteiger partial charge on any atom is 0.285 e. The van der Waals surface area contributed by atoms with Crippen LogP contribution in [0.15, 0.2) is 45.7 Å². The lowest BCUT2D eigenvalue weighted by molar-refractivity contribution is -0.137. The van der Waals surface area contributed by atoms with Crippen molar-refractivity contribution in [3.63, 3.8) is 0 Å². The van der Waals surface area contributed by atoms with E-state index in [1.165, 1.54) is 11.3 Å². The van der Waals surface area contributed by atoms with E-state index in [9.17, 15) is 13.2 Å². The molecule has 3 heterocycles. The van der Waals surface area contributed by atoms with Gasteiger partial charge in [0.2, 0.25) is 5.91 Å². The van der Waals surface area contributed by atoms with Crippen molar-refractivity contribution < 1.29 is 13.2 Å². The minimum absolute atomic E-state index is 0.0939. The van der Waals surface area contributed by atoms with Gasteiger partial charge >= 0.3 is 0 Å². The van der Waals surface area contributed by atoms with Crippen LogP contribution in [0.4, 0.5) is 0 Å². The van der Waals surface area contributed by atoms with Gasteiger partial charge in [-0.3, -0.25) is 4.79 Å². The summed E-state index contributed by atoms with van der Waals surface area (Å²) in [7, 11) is -3.66. The Labute approximate surface area is 179 Å². The Kier molecular flexibility index (Phi) is 5.68. The summed E-state index contributed by atoms with van der Waals surface area (Å²) >= 11 is 7.50. The molecule has 0 radical (unpaired) electrons. The first kappa shape index (κ1) is 20.4. The van der Waals surface area contributed by atoms with E-state index in [4.69, 9.17) is 11.6 Å². The van der Waals surface area contributed by atoms with Crippen molar-refractivity contribution in [1.29, 1.82) is 0 Å². The fraction of sp³-hybridized carbons (Fsp3) is 0.400. The van der Waals surface area contributed by atoms with E-state index in [2.05, 4.69) is 4.40 Å². The number of nitrogens with zero attached hydrogens (tertiary/aromatic N) is 3. The molecule has 4 rings (SSSR count). The van der Waals surface area contributed by atoms with Crippen LogP contribution in [0.2, 0.25) is 4.34 Å². The van der Waals surface area contributed by atoms with E-state index in [0.29, 0.717) is 41.9 Å². The Morgan fingerprint density at radius 3 is 2.83 bits per heavy atom. The highest BCUT2D eigenvalue weighted by molar-refractivity contribution is 7.90. The number of halogens is 1. The van der Waals surface area contributed by atoms with Gasteiger partial charge in [-0.2, -0.15) is 8.42 Å². The van der Waals surface area contributed by atoms with Crippen LogP contribution in [-0.4, -0.2) is 49.6 Å². The van der Waals surface area contributed by atoms with Crippen molar-refractivity contribution in [2.75, 3.05) is 19.6 Å². The molecule has 1 saturated heterocycles. The average Bonchev–Trinajstić information content (AvgIpc) is 3.26. The van der Waals surface area contributed by atoms with Crippen molar-refractivity contribution in [2.24, 2.45) is 10.3 Å². The maximum atomic E-state index is 13.2. The summed E-state index contributed by atoms with van der Waals surface area (Å²) in [5, 5.41) is 0. The fourth-order valence-corrected chi connectivity index (χ4v) is 6.25. The first-order valence-corrected chi connectivity index (χ1v) is 12.2. The Morgan fingerprint density at radius 1 is 1.31 bits per heavy atom. The van der Waals surface area contributed by atoms with Gasteiger partial charge < -0.3 is 9.80 Å². The van der Waals surface area contributed by atoms with Crippen molar-refractivity contribution in [2.45, 2.75) is 31.2 Å². The standard InChI is InChI=1S/C20H22ClN3O3S2/c1-2-23(13-15-9-10-18(21)28-15)20(25)14-6-5-11-24(12-14)19-16-7-3-4-8-17(16)29(26,27)22-19/h3-4,7-10,14H,2,5-6,11-13H2,1H3. The molecule has 2 aromatic rings. The largest absolute Gasteiger partial charge is 0.355 e. The molecule has 0 bridgehead atoms. The number of hydrogen-bond donors (Lipinski definition) is 0. The second-order valence-electron chi connectivity index (χ2n) is 7.23. The zero-order chi connectivity index (χ0) is 20.6. The van der Waals surface area contributed by atoms with Gasteiger partial charge in [-0.05, 0) is 44.0 Å². The van der Waals surface area contributed by atoms with Crippen LogP contribution in [0.3, 0.4) is 0 Å². The summed E-state index contributed by atoms with van der Waals surface area (Å²) in [6, 6.07) is 10.7. The van der Waals surface area contributed by atoms with Crippen molar-refractivity contribution in [3.8, 4) is 0 Å². The zero-order valence-corrected chi connectivity index (χ0v) is 18.4. The molecule has 2 aliphatic heterocycles. The first-order valence-electron chi connectivity index (χ1n) is 9.61. The Hall–Kier alpha value is -1.90. The summed E-state index contributed by atoms with van der Waals surface area (Å²) in [5.74, 6) is 0.375. The lowest BCUT2D eigenvalue weighted by Crippen LogP contribution is -2.46. The normalized spacial score (nSPS) is 20.3. The number of carbonyl (C=O) groups excluding carboxylic acids is 1. The molecular weight excluding hydrogens is 430 g/mol. The number of amides is 1. The molecule has 1 atom stereocenters. The Morgan fingerprint density at radius 2 is 2.10 bits per heavy atom. The monoisotopic (exact) mass is 451 g/mol. The molecule has 154 valence electrons. The molecule has 2 aliphatic rings. The van der Waals surface area contributed by atoms with Crippen molar-refractivity contribution >= 4 is 44.7 Å². The SMILES string of the molecule is CCN(Cc1ccc(Cl)s1)C(=O)C1CCCN(C2=NS(=O)(=O)c3ccccc32)C1. The number of benzene rings is 1. The molecule has 9 heteroatoms. The van der Waals surface area contributed by atoms with Crippen molar-refractivity contribution in [3.05, 3.63) is 51.2 Å². The summed E-state index contributed by atoms with van der Waals surface area (Å²) in [6.07, 6.45) is 1.61. The highest BCUT2D eigenvalue weighted by atomic mass is 35.5. The third-order valence-electron chi connectivity index (χ3n) is 5.35. The molecule has 1 unspecified atom stereocenters. The molecule has 0 N–H and O–H groups in total. The topological polar surface area (TPSA) is 70.1 Å². The van der Waals surface area contributed by atoms with Gasteiger partial charge in [0.15, 0.2) is 5.84 Å². The van der Waals surface area contributed by atoms with Gasteiger partial charge in [0, 0.05) is 30.1 Å². The number of piperidine rings is 1. The quantitative estimate of drug-likeness (QED) is 0.712. The summed E-state index contributed by atoms with van der Waals surface area (Å²) in [6.45, 7) is 4.30. The number of sulfonamides is 1. The molecule has 1 amide bonds. The predicted octanol–water partition coefficient (Wildman–Crippen LogP) is 3.61. The van der Waals surface area contributed by atoms with Gasteiger partial charge in [-0.25, -0.2) is 0 Å². The number of hydrogen-bond acceptors (Lipinski definition) is 5. The van der Waals surface area contributed by atoms with Gasteiger partial charge in [0.25, 0.3) is 10.0 Å². The molecule has 1 aromatic carbocycles. The third kappa shape index (κ3) is 4.06. The van der Waals surface area contributed by atoms with E-state index >= 15 is 0 Å². The van der Waals surface area contributed by atoms with E-state index in [0.717, 1.165) is 17.7 Å². The van der Waals surface area contributed by atoms with Crippen molar-refractivity contribution in [1.82, 2.24) is 9.80 Å². The molecular formula is C20H22ClN3O3S2. The summed E-state index contributed by atoms with van der Waals surface area (Å²) in [4.78, 5) is 18.3. The van der Waals surface area contributed by atoms with Crippen LogP contribution in [0, 0.1) is 5.92 Å². The van der Waals surface area contributed by atoms with Crippen LogP contribution >= 0.6 is 22.9 Å². The average molecular weight is 452 g/mol. The van der Waals surface area contributed by atoms with Gasteiger partial charge in [-0.15, -0.1) is 15.7 Å². The van der Waals surface area contributed by atoms with Crippen LogP contribution < -0.4 is 0 Å². The number of fused-ring (bicyclic) bond motifs is 1. The van der Waals surface area contributed by atoms with E-state index in [-0.39, 0.29) is 16.7 Å². The number of amidine groups is 1. The smallest absolute Gasteiger partial charge is 0.285 e. The van der Waals surface area contributed by atoms with Crippen LogP contribution in [-0.2, 0) is 21.4 Å². The second-order valence-corrected chi connectivity index (χ2v) is 10.6. The van der Waals surface area contributed by atoms with Gasteiger partial charge in [-0.1, -0.05) is 23.7 Å². The van der Waals surface area contributed by atoms with E-state index < -0.39 is 10.0 Å². The van der Waals surface area contributed by atoms with E-state index in [1.807, 2.05) is 34.9 Å². The zero-order valence-electron chi connectivity index (χ0n) is 16.0. The molecule has 6 nitrogen and oxygen atoms in total. The van der Waals surface area contributed by atoms with Gasteiger partial charge in [0.1, 0.15) is 4.90 Å². The van der Waals surface area contributed by atoms with Crippen LogP contribution in [0.5, 0.6) is 0 Å². The number of carbonyl (C=O) groups is 1. The number of thiophene rings is 1. The molecule has 1 aromatic heterocycles. The lowest BCUT2D eigenvalue weighted by atomic mass is 9.95. The highest BCUT2D eigenvalue weighted by Crippen LogP contribution is 2.30. The molecule has 0 spiro atoms. The van der Waals surface area contributed by atoms with E-state index in [1.54, 1.807) is 18.2 Å². The highest BCUT2D eigenvalue weighted by Gasteiger charge is 2.36.